The summed E-state index contributed by atoms with van der Waals surface area (Å²) in [5.41, 5.74) is 1.77. The first kappa shape index (κ1) is 12.6. The number of amides is 1. The third kappa shape index (κ3) is 2.54. The number of likely N-dealkylation sites (tertiary alicyclic amines) is 1. The molecule has 1 aliphatic heterocycles. The molecule has 1 aliphatic rings. The molecule has 0 radical (unpaired) electrons. The number of β-amino-alcohol motifs (C(OH)–C–C–N with tert-alkyl or cyclic N) is 1. The van der Waals surface area contributed by atoms with Gasteiger partial charge in [-0.25, -0.2) is 0 Å². The Kier molecular flexibility index (Phi) is 3.67. The van der Waals surface area contributed by atoms with Crippen LogP contribution in [-0.2, 0) is 4.79 Å². The van der Waals surface area contributed by atoms with Crippen molar-refractivity contribution in [3.8, 4) is 5.75 Å². The first-order valence-electron chi connectivity index (χ1n) is 5.90. The number of hydrogen-bond acceptors (Lipinski definition) is 3. The first-order valence-corrected chi connectivity index (χ1v) is 5.90. The average Bonchev–Trinajstić information content (AvgIpc) is 2.34. The lowest BCUT2D eigenvalue weighted by Crippen LogP contribution is -2.53. The van der Waals surface area contributed by atoms with Crippen LogP contribution in [0.25, 0.3) is 5.57 Å². The summed E-state index contributed by atoms with van der Waals surface area (Å²) in [4.78, 5) is 13.5. The Labute approximate surface area is 106 Å². The number of rotatable bonds is 3. The Hall–Kier alpha value is -1.81. The minimum absolute atomic E-state index is 0.0660. The number of ether oxygens (including phenoxy) is 1. The van der Waals surface area contributed by atoms with Crippen molar-refractivity contribution < 1.29 is 14.6 Å². The predicted molar refractivity (Wildman–Crippen MR) is 69.2 cm³/mol. The van der Waals surface area contributed by atoms with Gasteiger partial charge in [-0.2, -0.15) is 0 Å². The number of carbonyl (C=O) groups is 1. The molecule has 1 saturated heterocycles. The fraction of sp³-hybridized carbons (Fsp3) is 0.357. The van der Waals surface area contributed by atoms with Crippen molar-refractivity contribution in [1.82, 2.24) is 4.90 Å². The Bertz CT molecular complexity index is 476. The van der Waals surface area contributed by atoms with Gasteiger partial charge in [-0.1, -0.05) is 18.2 Å². The van der Waals surface area contributed by atoms with E-state index >= 15 is 0 Å². The molecule has 1 amide bonds. The molecular formula is C14H17NO3. The molecule has 0 saturated carbocycles. The van der Waals surface area contributed by atoms with Gasteiger partial charge in [0.05, 0.1) is 13.2 Å². The lowest BCUT2D eigenvalue weighted by atomic mass is 10.0. The zero-order valence-electron chi connectivity index (χ0n) is 10.6. The van der Waals surface area contributed by atoms with Crippen LogP contribution in [0.3, 0.4) is 0 Å². The molecule has 0 spiro atoms. The number of para-hydroxylation sites is 1. The van der Waals surface area contributed by atoms with Gasteiger partial charge in [0.25, 0.3) is 0 Å². The van der Waals surface area contributed by atoms with E-state index in [-0.39, 0.29) is 12.0 Å². The van der Waals surface area contributed by atoms with Gasteiger partial charge in [0.1, 0.15) is 5.75 Å². The second-order valence-electron chi connectivity index (χ2n) is 4.42. The Morgan fingerprint density at radius 3 is 2.72 bits per heavy atom. The third-order valence-corrected chi connectivity index (χ3v) is 3.05. The van der Waals surface area contributed by atoms with Crippen molar-refractivity contribution in [2.45, 2.75) is 13.0 Å². The maximum absolute atomic E-state index is 11.9. The molecule has 0 aromatic heterocycles. The Morgan fingerprint density at radius 2 is 2.11 bits per heavy atom. The molecule has 1 N–H and O–H groups in total. The summed E-state index contributed by atoms with van der Waals surface area (Å²) in [7, 11) is 1.61. The number of aliphatic hydroxyl groups is 1. The van der Waals surface area contributed by atoms with Crippen molar-refractivity contribution in [3.63, 3.8) is 0 Å². The van der Waals surface area contributed by atoms with E-state index in [1.807, 2.05) is 31.2 Å². The fourth-order valence-corrected chi connectivity index (χ4v) is 1.96. The summed E-state index contributed by atoms with van der Waals surface area (Å²) in [6.45, 7) is 2.73. The molecule has 1 heterocycles. The lowest BCUT2D eigenvalue weighted by Gasteiger charge is -2.35. The van der Waals surface area contributed by atoms with Gasteiger partial charge in [0, 0.05) is 24.7 Å². The Balaban J connectivity index is 2.15. The van der Waals surface area contributed by atoms with Gasteiger partial charge in [-0.15, -0.1) is 0 Å². The van der Waals surface area contributed by atoms with Gasteiger partial charge >= 0.3 is 0 Å². The predicted octanol–water partition coefficient (Wildman–Crippen LogP) is 1.30. The summed E-state index contributed by atoms with van der Waals surface area (Å²) in [5, 5.41) is 9.17. The molecule has 1 aromatic carbocycles. The largest absolute Gasteiger partial charge is 0.496 e. The quantitative estimate of drug-likeness (QED) is 0.819. The summed E-state index contributed by atoms with van der Waals surface area (Å²) < 4.78 is 5.26. The molecular weight excluding hydrogens is 230 g/mol. The minimum Gasteiger partial charge on any atom is -0.496 e. The minimum atomic E-state index is -0.367. The fourth-order valence-electron chi connectivity index (χ4n) is 1.96. The lowest BCUT2D eigenvalue weighted by molar-refractivity contribution is -0.135. The van der Waals surface area contributed by atoms with Gasteiger partial charge in [-0.3, -0.25) is 4.79 Å². The highest BCUT2D eigenvalue weighted by atomic mass is 16.5. The monoisotopic (exact) mass is 247 g/mol. The van der Waals surface area contributed by atoms with E-state index in [1.165, 1.54) is 0 Å². The standard InChI is InChI=1S/C14H17NO3/c1-10(7-14(17)15-8-11(16)9-15)12-5-3-4-6-13(12)18-2/h3-7,11,16H,8-9H2,1-2H3/b10-7+. The van der Waals surface area contributed by atoms with Crippen molar-refractivity contribution in [2.75, 3.05) is 20.2 Å². The summed E-state index contributed by atoms with van der Waals surface area (Å²) in [6.07, 6.45) is 1.22. The topological polar surface area (TPSA) is 49.8 Å². The first-order chi connectivity index (χ1) is 8.61. The van der Waals surface area contributed by atoms with E-state index < -0.39 is 0 Å². The van der Waals surface area contributed by atoms with Crippen molar-refractivity contribution >= 4 is 11.5 Å². The molecule has 0 unspecified atom stereocenters. The van der Waals surface area contributed by atoms with Crippen LogP contribution in [0.2, 0.25) is 0 Å². The second-order valence-corrected chi connectivity index (χ2v) is 4.42. The van der Waals surface area contributed by atoms with E-state index in [4.69, 9.17) is 9.84 Å². The van der Waals surface area contributed by atoms with Gasteiger partial charge in [0.15, 0.2) is 0 Å². The zero-order valence-corrected chi connectivity index (χ0v) is 10.6. The van der Waals surface area contributed by atoms with E-state index in [0.717, 1.165) is 16.9 Å². The summed E-state index contributed by atoms with van der Waals surface area (Å²) in [5.74, 6) is 0.686. The van der Waals surface area contributed by atoms with Crippen molar-refractivity contribution in [1.29, 1.82) is 0 Å². The molecule has 0 bridgehead atoms. The maximum atomic E-state index is 11.9. The van der Waals surface area contributed by atoms with E-state index in [9.17, 15) is 4.79 Å². The van der Waals surface area contributed by atoms with Gasteiger partial charge < -0.3 is 14.7 Å². The zero-order chi connectivity index (χ0) is 13.1. The SMILES string of the molecule is COc1ccccc1/C(C)=C/C(=O)N1CC(O)C1. The van der Waals surface area contributed by atoms with E-state index in [1.54, 1.807) is 18.1 Å². The number of aliphatic hydroxyl groups excluding tert-OH is 1. The molecule has 4 heteroatoms. The van der Waals surface area contributed by atoms with Crippen LogP contribution in [-0.4, -0.2) is 42.2 Å². The van der Waals surface area contributed by atoms with Crippen molar-refractivity contribution in [2.24, 2.45) is 0 Å². The van der Waals surface area contributed by atoms with Crippen LogP contribution in [0.4, 0.5) is 0 Å². The van der Waals surface area contributed by atoms with Gasteiger partial charge in [0.2, 0.25) is 5.91 Å². The average molecular weight is 247 g/mol. The molecule has 0 atom stereocenters. The van der Waals surface area contributed by atoms with E-state index in [0.29, 0.717) is 13.1 Å². The summed E-state index contributed by atoms with van der Waals surface area (Å²) in [6, 6.07) is 7.59. The van der Waals surface area contributed by atoms with Crippen LogP contribution in [0.15, 0.2) is 30.3 Å². The maximum Gasteiger partial charge on any atom is 0.247 e. The molecule has 0 aliphatic carbocycles. The number of nitrogens with zero attached hydrogens (tertiary/aromatic N) is 1. The van der Waals surface area contributed by atoms with E-state index in [2.05, 4.69) is 0 Å². The van der Waals surface area contributed by atoms with Crippen molar-refractivity contribution in [3.05, 3.63) is 35.9 Å². The molecule has 1 fully saturated rings. The number of hydrogen-bond donors (Lipinski definition) is 1. The van der Waals surface area contributed by atoms with Gasteiger partial charge in [-0.05, 0) is 18.6 Å². The molecule has 4 nitrogen and oxygen atoms in total. The third-order valence-electron chi connectivity index (χ3n) is 3.05. The number of allylic oxidation sites excluding steroid dienone is 1. The molecule has 2 rings (SSSR count). The van der Waals surface area contributed by atoms with Crippen LogP contribution in [0, 0.1) is 0 Å². The molecule has 96 valence electrons. The summed E-state index contributed by atoms with van der Waals surface area (Å²) >= 11 is 0. The highest BCUT2D eigenvalue weighted by Gasteiger charge is 2.27. The van der Waals surface area contributed by atoms with Crippen LogP contribution < -0.4 is 4.74 Å². The molecule has 18 heavy (non-hydrogen) atoms. The van der Waals surface area contributed by atoms with Crippen LogP contribution in [0.5, 0.6) is 5.75 Å². The van der Waals surface area contributed by atoms with Crippen LogP contribution in [0.1, 0.15) is 12.5 Å². The highest BCUT2D eigenvalue weighted by Crippen LogP contribution is 2.25. The number of benzene rings is 1. The number of methoxy groups -OCH3 is 1. The van der Waals surface area contributed by atoms with Crippen LogP contribution >= 0.6 is 0 Å². The Morgan fingerprint density at radius 1 is 1.44 bits per heavy atom. The highest BCUT2D eigenvalue weighted by molar-refractivity contribution is 5.95. The normalized spacial score (nSPS) is 16.4. The number of carbonyl (C=O) groups excluding carboxylic acids is 1. The second kappa shape index (κ2) is 5.23. The smallest absolute Gasteiger partial charge is 0.247 e. The molecule has 1 aromatic rings.